The van der Waals surface area contributed by atoms with Gasteiger partial charge in [-0.15, -0.1) is 5.92 Å². The molecule has 0 bridgehead atoms. The minimum absolute atomic E-state index is 0.0134. The minimum atomic E-state index is -1.11. The first kappa shape index (κ1) is 13.7. The van der Waals surface area contributed by atoms with Crippen LogP contribution < -0.4 is 0 Å². The molecule has 1 atom stereocenters. The molecule has 3 heteroatoms. The molecular weight excluding hydrogens is 192 g/mol. The van der Waals surface area contributed by atoms with Gasteiger partial charge in [-0.25, -0.2) is 4.79 Å². The van der Waals surface area contributed by atoms with Crippen molar-refractivity contribution >= 4 is 5.97 Å². The zero-order chi connectivity index (χ0) is 11.7. The lowest BCUT2D eigenvalue weighted by atomic mass is 10.1. The average molecular weight is 210 g/mol. The Bertz CT molecular complexity index is 270. The van der Waals surface area contributed by atoms with E-state index in [0.29, 0.717) is 0 Å². The molecule has 0 rings (SSSR count). The Morgan fingerprint density at radius 3 is 2.73 bits per heavy atom. The quantitative estimate of drug-likeness (QED) is 0.325. The van der Waals surface area contributed by atoms with Gasteiger partial charge < -0.3 is 9.84 Å². The van der Waals surface area contributed by atoms with Gasteiger partial charge in [0.05, 0.1) is 12.7 Å². The van der Waals surface area contributed by atoms with Crippen LogP contribution in [-0.4, -0.2) is 24.3 Å². The monoisotopic (exact) mass is 210 g/mol. The first-order valence-corrected chi connectivity index (χ1v) is 5.07. The second-order valence-corrected chi connectivity index (χ2v) is 3.20. The zero-order valence-electron chi connectivity index (χ0n) is 9.38. The molecule has 0 radical (unpaired) electrons. The molecule has 0 aromatic carbocycles. The lowest BCUT2D eigenvalue weighted by Crippen LogP contribution is -2.16. The molecular formula is C12H18O3. The SMILES string of the molecule is C=C(C(=O)OC)C(O)C#CCCCCC. The standard InChI is InChI=1S/C12H18O3/c1-4-5-6-7-8-9-11(13)10(2)12(14)15-3/h11,13H,2,4-7H2,1,3H3. The number of aliphatic hydroxyl groups is 1. The summed E-state index contributed by atoms with van der Waals surface area (Å²) in [5.41, 5.74) is -0.0134. The fraction of sp³-hybridized carbons (Fsp3) is 0.583. The van der Waals surface area contributed by atoms with E-state index in [1.54, 1.807) is 0 Å². The van der Waals surface area contributed by atoms with Crippen LogP contribution in [0.15, 0.2) is 12.2 Å². The maximum absolute atomic E-state index is 10.9. The minimum Gasteiger partial charge on any atom is -0.466 e. The number of ether oxygens (including phenoxy) is 1. The molecule has 0 aromatic heterocycles. The number of hydrogen-bond donors (Lipinski definition) is 1. The topological polar surface area (TPSA) is 46.5 Å². The molecule has 0 amide bonds. The van der Waals surface area contributed by atoms with Crippen LogP contribution in [0.5, 0.6) is 0 Å². The second kappa shape index (κ2) is 8.07. The number of hydrogen-bond acceptors (Lipinski definition) is 3. The summed E-state index contributed by atoms with van der Waals surface area (Å²) in [6.07, 6.45) is 2.90. The van der Waals surface area contributed by atoms with E-state index in [9.17, 15) is 9.90 Å². The van der Waals surface area contributed by atoms with Gasteiger partial charge in [0, 0.05) is 6.42 Å². The highest BCUT2D eigenvalue weighted by molar-refractivity contribution is 5.89. The molecule has 3 nitrogen and oxygen atoms in total. The van der Waals surface area contributed by atoms with Crippen molar-refractivity contribution in [2.75, 3.05) is 7.11 Å². The highest BCUT2D eigenvalue weighted by Gasteiger charge is 2.13. The van der Waals surface area contributed by atoms with E-state index in [1.807, 2.05) is 0 Å². The smallest absolute Gasteiger partial charge is 0.336 e. The lowest BCUT2D eigenvalue weighted by Gasteiger charge is -2.04. The summed E-state index contributed by atoms with van der Waals surface area (Å²) in [4.78, 5) is 10.9. The van der Waals surface area contributed by atoms with Gasteiger partial charge in [-0.2, -0.15) is 0 Å². The Hall–Kier alpha value is -1.27. The van der Waals surface area contributed by atoms with Crippen LogP contribution in [0.2, 0.25) is 0 Å². The highest BCUT2D eigenvalue weighted by atomic mass is 16.5. The summed E-state index contributed by atoms with van der Waals surface area (Å²) >= 11 is 0. The third-order valence-electron chi connectivity index (χ3n) is 1.92. The molecule has 0 aliphatic carbocycles. The van der Waals surface area contributed by atoms with Gasteiger partial charge in [0.15, 0.2) is 0 Å². The van der Waals surface area contributed by atoms with Crippen LogP contribution in [0, 0.1) is 11.8 Å². The second-order valence-electron chi connectivity index (χ2n) is 3.20. The van der Waals surface area contributed by atoms with E-state index in [0.717, 1.165) is 25.7 Å². The Labute approximate surface area is 91.1 Å². The van der Waals surface area contributed by atoms with Crippen molar-refractivity contribution in [2.24, 2.45) is 0 Å². The molecule has 84 valence electrons. The van der Waals surface area contributed by atoms with Crippen molar-refractivity contribution in [3.05, 3.63) is 12.2 Å². The predicted molar refractivity (Wildman–Crippen MR) is 59.1 cm³/mol. The number of esters is 1. The van der Waals surface area contributed by atoms with Gasteiger partial charge in [0.2, 0.25) is 0 Å². The summed E-state index contributed by atoms with van der Waals surface area (Å²) in [6.45, 7) is 5.53. The average Bonchev–Trinajstić information content (AvgIpc) is 2.26. The third kappa shape index (κ3) is 5.92. The van der Waals surface area contributed by atoms with Crippen LogP contribution >= 0.6 is 0 Å². The molecule has 0 spiro atoms. The van der Waals surface area contributed by atoms with Gasteiger partial charge >= 0.3 is 5.97 Å². The van der Waals surface area contributed by atoms with E-state index in [2.05, 4.69) is 30.1 Å². The number of carbonyl (C=O) groups is 1. The lowest BCUT2D eigenvalue weighted by molar-refractivity contribution is -0.136. The summed E-state index contributed by atoms with van der Waals surface area (Å²) < 4.78 is 4.41. The number of rotatable bonds is 5. The van der Waals surface area contributed by atoms with Crippen molar-refractivity contribution in [3.8, 4) is 11.8 Å². The van der Waals surface area contributed by atoms with Gasteiger partial charge in [-0.1, -0.05) is 32.3 Å². The summed E-state index contributed by atoms with van der Waals surface area (Å²) in [6, 6.07) is 0. The molecule has 0 fully saturated rings. The number of aliphatic hydroxyl groups excluding tert-OH is 1. The van der Waals surface area contributed by atoms with Gasteiger partial charge in [0.1, 0.15) is 6.10 Å². The molecule has 1 N–H and O–H groups in total. The van der Waals surface area contributed by atoms with Gasteiger partial charge in [-0.3, -0.25) is 0 Å². The number of unbranched alkanes of at least 4 members (excludes halogenated alkanes) is 3. The predicted octanol–water partition coefficient (Wildman–Crippen LogP) is 1.66. The van der Waals surface area contributed by atoms with Crippen molar-refractivity contribution in [1.82, 2.24) is 0 Å². The molecule has 0 aliphatic heterocycles. The molecule has 0 aliphatic rings. The normalized spacial score (nSPS) is 11.1. The Morgan fingerprint density at radius 1 is 1.53 bits per heavy atom. The first-order chi connectivity index (χ1) is 7.13. The van der Waals surface area contributed by atoms with E-state index < -0.39 is 12.1 Å². The van der Waals surface area contributed by atoms with E-state index in [-0.39, 0.29) is 5.57 Å². The Balaban J connectivity index is 3.95. The number of methoxy groups -OCH3 is 1. The fourth-order valence-electron chi connectivity index (χ4n) is 0.962. The number of carbonyl (C=O) groups excluding carboxylic acids is 1. The molecule has 0 heterocycles. The van der Waals surface area contributed by atoms with E-state index in [1.165, 1.54) is 7.11 Å². The van der Waals surface area contributed by atoms with Crippen LogP contribution in [0.1, 0.15) is 32.6 Å². The summed E-state index contributed by atoms with van der Waals surface area (Å²) in [5, 5.41) is 9.40. The van der Waals surface area contributed by atoms with Crippen molar-refractivity contribution in [1.29, 1.82) is 0 Å². The van der Waals surface area contributed by atoms with Crippen LogP contribution in [0.3, 0.4) is 0 Å². The maximum Gasteiger partial charge on any atom is 0.336 e. The largest absolute Gasteiger partial charge is 0.466 e. The molecule has 0 aromatic rings. The summed E-state index contributed by atoms with van der Waals surface area (Å²) in [7, 11) is 1.24. The van der Waals surface area contributed by atoms with Crippen molar-refractivity contribution < 1.29 is 14.6 Å². The van der Waals surface area contributed by atoms with Crippen molar-refractivity contribution in [2.45, 2.75) is 38.7 Å². The van der Waals surface area contributed by atoms with Crippen LogP contribution in [-0.2, 0) is 9.53 Å². The first-order valence-electron chi connectivity index (χ1n) is 5.07. The van der Waals surface area contributed by atoms with Crippen molar-refractivity contribution in [3.63, 3.8) is 0 Å². The van der Waals surface area contributed by atoms with E-state index in [4.69, 9.17) is 0 Å². The van der Waals surface area contributed by atoms with Gasteiger partial charge in [-0.05, 0) is 6.42 Å². The van der Waals surface area contributed by atoms with Crippen LogP contribution in [0.4, 0.5) is 0 Å². The zero-order valence-corrected chi connectivity index (χ0v) is 9.38. The summed E-state index contributed by atoms with van der Waals surface area (Å²) in [5.74, 6) is 4.75. The molecule has 1 unspecified atom stereocenters. The molecule has 0 saturated carbocycles. The maximum atomic E-state index is 10.9. The third-order valence-corrected chi connectivity index (χ3v) is 1.92. The van der Waals surface area contributed by atoms with Crippen LogP contribution in [0.25, 0.3) is 0 Å². The fourth-order valence-corrected chi connectivity index (χ4v) is 0.962. The van der Waals surface area contributed by atoms with E-state index >= 15 is 0 Å². The Morgan fingerprint density at radius 2 is 2.20 bits per heavy atom. The molecule has 15 heavy (non-hydrogen) atoms. The highest BCUT2D eigenvalue weighted by Crippen LogP contribution is 2.01. The van der Waals surface area contributed by atoms with Gasteiger partial charge in [0.25, 0.3) is 0 Å². The molecule has 0 saturated heterocycles. The Kier molecular flexibility index (Phi) is 7.39.